The van der Waals surface area contributed by atoms with E-state index < -0.39 is 18.1 Å². The highest BCUT2D eigenvalue weighted by Gasteiger charge is 2.26. The molecule has 0 aliphatic heterocycles. The number of allylic oxidation sites excluding steroid dienone is 5. The Labute approximate surface area is 219 Å². The van der Waals surface area contributed by atoms with Crippen molar-refractivity contribution in [1.82, 2.24) is 5.32 Å². The lowest BCUT2D eigenvalue weighted by molar-refractivity contribution is -0.145. The first-order valence-corrected chi connectivity index (χ1v) is 13.1. The maximum absolute atomic E-state index is 12.7. The number of esters is 1. The lowest BCUT2D eigenvalue weighted by atomic mass is 10.0. The van der Waals surface area contributed by atoms with Gasteiger partial charge in [0.15, 0.2) is 0 Å². The second-order valence-corrected chi connectivity index (χ2v) is 10.5. The van der Waals surface area contributed by atoms with Crippen LogP contribution in [0.3, 0.4) is 0 Å². The number of hydrogen-bond donors (Lipinski definition) is 1. The fourth-order valence-corrected chi connectivity index (χ4v) is 3.60. The highest BCUT2D eigenvalue weighted by molar-refractivity contribution is 5.82. The van der Waals surface area contributed by atoms with E-state index in [1.54, 1.807) is 6.07 Å². The number of aryl methyl sites for hydroxylation is 1. The van der Waals surface area contributed by atoms with Crippen molar-refractivity contribution in [2.45, 2.75) is 100.0 Å². The van der Waals surface area contributed by atoms with Gasteiger partial charge < -0.3 is 14.8 Å². The Morgan fingerprint density at radius 1 is 0.917 bits per heavy atom. The van der Waals surface area contributed by atoms with Crippen molar-refractivity contribution in [3.05, 3.63) is 64.3 Å². The molecular formula is C31H47NO4. The van der Waals surface area contributed by atoms with E-state index in [2.05, 4.69) is 52.1 Å². The molecule has 5 heteroatoms. The number of nitrogens with one attached hydrogen (secondary N) is 1. The Hall–Kier alpha value is -2.82. The zero-order chi connectivity index (χ0) is 27.3. The van der Waals surface area contributed by atoms with Gasteiger partial charge in [-0.2, -0.15) is 0 Å². The van der Waals surface area contributed by atoms with Gasteiger partial charge >= 0.3 is 12.1 Å². The summed E-state index contributed by atoms with van der Waals surface area (Å²) in [5, 5.41) is 2.67. The van der Waals surface area contributed by atoms with Gasteiger partial charge in [0.05, 0.1) is 0 Å². The van der Waals surface area contributed by atoms with Crippen molar-refractivity contribution < 1.29 is 19.1 Å². The first kappa shape index (κ1) is 31.2. The average Bonchev–Trinajstić information content (AvgIpc) is 2.78. The van der Waals surface area contributed by atoms with E-state index in [1.165, 1.54) is 22.3 Å². The minimum absolute atomic E-state index is 0.140. The van der Waals surface area contributed by atoms with E-state index in [9.17, 15) is 9.59 Å². The van der Waals surface area contributed by atoms with E-state index in [0.29, 0.717) is 11.7 Å². The van der Waals surface area contributed by atoms with Gasteiger partial charge in [0, 0.05) is 0 Å². The van der Waals surface area contributed by atoms with Crippen molar-refractivity contribution in [2.24, 2.45) is 5.92 Å². The van der Waals surface area contributed by atoms with Crippen molar-refractivity contribution >= 4 is 12.1 Å². The molecule has 200 valence electrons. The van der Waals surface area contributed by atoms with Crippen LogP contribution < -0.4 is 10.1 Å². The summed E-state index contributed by atoms with van der Waals surface area (Å²) in [6.45, 7) is 18.5. The quantitative estimate of drug-likeness (QED) is 0.220. The van der Waals surface area contributed by atoms with Crippen molar-refractivity contribution in [3.8, 4) is 5.75 Å². The summed E-state index contributed by atoms with van der Waals surface area (Å²) in [7, 11) is 0. The summed E-state index contributed by atoms with van der Waals surface area (Å²) in [5.74, 6) is 0.266. The van der Waals surface area contributed by atoms with Gasteiger partial charge in [-0.1, -0.05) is 68.7 Å². The van der Waals surface area contributed by atoms with Gasteiger partial charge in [-0.25, -0.2) is 9.59 Å². The zero-order valence-corrected chi connectivity index (χ0v) is 23.9. The van der Waals surface area contributed by atoms with Gasteiger partial charge in [0.2, 0.25) is 0 Å². The van der Waals surface area contributed by atoms with Crippen LogP contribution in [0, 0.1) is 12.8 Å². The van der Waals surface area contributed by atoms with Crippen LogP contribution in [-0.4, -0.2) is 24.7 Å². The van der Waals surface area contributed by atoms with E-state index in [0.717, 1.165) is 31.2 Å². The van der Waals surface area contributed by atoms with Gasteiger partial charge in [-0.15, -0.1) is 0 Å². The van der Waals surface area contributed by atoms with Gasteiger partial charge in [0.1, 0.15) is 18.4 Å². The van der Waals surface area contributed by atoms with E-state index in [1.807, 2.05) is 45.9 Å². The molecule has 0 aliphatic rings. The molecule has 1 amide bonds. The normalized spacial score (nSPS) is 13.0. The molecular weight excluding hydrogens is 450 g/mol. The van der Waals surface area contributed by atoms with Gasteiger partial charge in [-0.3, -0.25) is 0 Å². The third-order valence-corrected chi connectivity index (χ3v) is 6.04. The van der Waals surface area contributed by atoms with Crippen LogP contribution in [0.15, 0.2) is 53.1 Å². The zero-order valence-electron chi connectivity index (χ0n) is 23.9. The molecule has 1 atom stereocenters. The molecule has 0 aromatic heterocycles. The molecule has 0 aliphatic carbocycles. The molecule has 1 N–H and O–H groups in total. The molecule has 1 aromatic rings. The van der Waals surface area contributed by atoms with Crippen LogP contribution in [0.5, 0.6) is 5.75 Å². The molecule has 0 spiro atoms. The molecule has 0 heterocycles. The molecule has 5 nitrogen and oxygen atoms in total. The fourth-order valence-electron chi connectivity index (χ4n) is 3.60. The van der Waals surface area contributed by atoms with Crippen molar-refractivity contribution in [1.29, 1.82) is 0 Å². The first-order valence-electron chi connectivity index (χ1n) is 13.1. The predicted octanol–water partition coefficient (Wildman–Crippen LogP) is 8.19. The second kappa shape index (κ2) is 16.0. The Morgan fingerprint density at radius 2 is 1.53 bits per heavy atom. The minimum Gasteiger partial charge on any atom is -0.460 e. The number of rotatable bonds is 13. The molecule has 0 fully saturated rings. The summed E-state index contributed by atoms with van der Waals surface area (Å²) < 4.78 is 10.9. The summed E-state index contributed by atoms with van der Waals surface area (Å²) in [4.78, 5) is 25.2. The van der Waals surface area contributed by atoms with Gasteiger partial charge in [0.25, 0.3) is 0 Å². The molecule has 0 saturated heterocycles. The highest BCUT2D eigenvalue weighted by atomic mass is 16.6. The van der Waals surface area contributed by atoms with Crippen molar-refractivity contribution in [3.63, 3.8) is 0 Å². The third-order valence-electron chi connectivity index (χ3n) is 6.04. The van der Waals surface area contributed by atoms with E-state index >= 15 is 0 Å². The Morgan fingerprint density at radius 3 is 2.08 bits per heavy atom. The maximum atomic E-state index is 12.7. The summed E-state index contributed by atoms with van der Waals surface area (Å²) in [6, 6.07) is 4.97. The van der Waals surface area contributed by atoms with Crippen LogP contribution in [0.2, 0.25) is 0 Å². The number of carbonyl (C=O) groups excluding carboxylic acids is 2. The highest BCUT2D eigenvalue weighted by Crippen LogP contribution is 2.23. The standard InChI is InChI=1S/C31H47NO4/c1-21(2)12-10-13-24(7)14-11-15-25(8)18-19-35-30(33)29(23(5)6)32-31(34)36-28-17-16-27(22(3)4)20-26(28)9/h12,14,16-18,20,22-23,29H,10-11,13,15,19H2,1-9H3,(H,32,34)/t29-/m0/s1. The minimum atomic E-state index is -0.784. The SMILES string of the molecule is CC(C)=CCCC(C)=CCCC(C)=CCOC(=O)[C@@H](NC(=O)Oc1ccc(C(C)C)cc1C)C(C)C. The molecule has 0 bridgehead atoms. The van der Waals surface area contributed by atoms with E-state index in [-0.39, 0.29) is 12.5 Å². The number of amides is 1. The molecule has 1 rings (SSSR count). The number of hydrogen-bond acceptors (Lipinski definition) is 4. The lowest BCUT2D eigenvalue weighted by Crippen LogP contribution is -2.46. The lowest BCUT2D eigenvalue weighted by Gasteiger charge is -2.20. The summed E-state index contributed by atoms with van der Waals surface area (Å²) in [5.41, 5.74) is 5.98. The number of ether oxygens (including phenoxy) is 2. The van der Waals surface area contributed by atoms with Crippen LogP contribution >= 0.6 is 0 Å². The largest absolute Gasteiger partial charge is 0.460 e. The predicted molar refractivity (Wildman–Crippen MR) is 149 cm³/mol. The molecule has 0 unspecified atom stereocenters. The third kappa shape index (κ3) is 12.2. The summed E-state index contributed by atoms with van der Waals surface area (Å²) >= 11 is 0. The molecule has 36 heavy (non-hydrogen) atoms. The monoisotopic (exact) mass is 497 g/mol. The molecule has 0 radical (unpaired) electrons. The van der Waals surface area contributed by atoms with Gasteiger partial charge in [-0.05, 0) is 95.4 Å². The Balaban J connectivity index is 2.55. The van der Waals surface area contributed by atoms with E-state index in [4.69, 9.17) is 9.47 Å². The van der Waals surface area contributed by atoms with Crippen LogP contribution in [0.25, 0.3) is 0 Å². The fraction of sp³-hybridized carbons (Fsp3) is 0.548. The number of carbonyl (C=O) groups is 2. The topological polar surface area (TPSA) is 64.6 Å². The second-order valence-electron chi connectivity index (χ2n) is 10.5. The van der Waals surface area contributed by atoms with Crippen LogP contribution in [-0.2, 0) is 9.53 Å². The summed E-state index contributed by atoms with van der Waals surface area (Å²) in [6.07, 6.45) is 9.87. The molecule has 0 saturated carbocycles. The Kier molecular flexibility index (Phi) is 13.9. The van der Waals surface area contributed by atoms with Crippen molar-refractivity contribution in [2.75, 3.05) is 6.61 Å². The molecule has 1 aromatic carbocycles. The Bertz CT molecular complexity index is 949. The first-order chi connectivity index (χ1) is 16.9. The smallest absolute Gasteiger partial charge is 0.413 e. The number of benzene rings is 1. The maximum Gasteiger partial charge on any atom is 0.413 e. The average molecular weight is 498 g/mol. The van der Waals surface area contributed by atoms with Crippen LogP contribution in [0.1, 0.15) is 98.1 Å². The van der Waals surface area contributed by atoms with Crippen LogP contribution in [0.4, 0.5) is 4.79 Å².